The molecule has 0 saturated carbocycles. The van der Waals surface area contributed by atoms with Crippen LogP contribution in [0, 0.1) is 0 Å². The maximum absolute atomic E-state index is 6.21. The van der Waals surface area contributed by atoms with Crippen LogP contribution in [0.4, 0.5) is 11.4 Å². The van der Waals surface area contributed by atoms with Gasteiger partial charge in [-0.3, -0.25) is 4.98 Å². The van der Waals surface area contributed by atoms with Crippen LogP contribution in [-0.4, -0.2) is 4.98 Å². The Kier molecular flexibility index (Phi) is 2.41. The van der Waals surface area contributed by atoms with Gasteiger partial charge in [0, 0.05) is 18.4 Å². The SMILES string of the molecule is Nc1ccc(N2Cc3cccnc3C2)c(Cl)c1. The summed E-state index contributed by atoms with van der Waals surface area (Å²) in [7, 11) is 0. The minimum absolute atomic E-state index is 0.689. The lowest BCUT2D eigenvalue weighted by atomic mass is 10.2. The van der Waals surface area contributed by atoms with E-state index in [1.165, 1.54) is 5.56 Å². The Labute approximate surface area is 105 Å². The molecule has 2 N–H and O–H groups in total. The van der Waals surface area contributed by atoms with Crippen molar-refractivity contribution in [1.29, 1.82) is 0 Å². The molecule has 0 aliphatic carbocycles. The smallest absolute Gasteiger partial charge is 0.0660 e. The van der Waals surface area contributed by atoms with Gasteiger partial charge in [-0.15, -0.1) is 0 Å². The second-order valence-electron chi connectivity index (χ2n) is 4.18. The summed E-state index contributed by atoms with van der Waals surface area (Å²) >= 11 is 6.21. The molecular formula is C13H12ClN3. The molecular weight excluding hydrogens is 234 g/mol. The van der Waals surface area contributed by atoms with Crippen LogP contribution in [-0.2, 0) is 13.1 Å². The highest BCUT2D eigenvalue weighted by atomic mass is 35.5. The average Bonchev–Trinajstić information content (AvgIpc) is 2.72. The van der Waals surface area contributed by atoms with Gasteiger partial charge in [0.1, 0.15) is 0 Å². The molecule has 0 spiro atoms. The topological polar surface area (TPSA) is 42.1 Å². The summed E-state index contributed by atoms with van der Waals surface area (Å²) in [6, 6.07) is 9.69. The van der Waals surface area contributed by atoms with E-state index in [0.717, 1.165) is 24.5 Å². The molecule has 1 aromatic heterocycles. The number of benzene rings is 1. The monoisotopic (exact) mass is 245 g/mol. The first-order chi connectivity index (χ1) is 8.24. The first-order valence-corrected chi connectivity index (χ1v) is 5.84. The summed E-state index contributed by atoms with van der Waals surface area (Å²) in [6.07, 6.45) is 1.83. The summed E-state index contributed by atoms with van der Waals surface area (Å²) in [4.78, 5) is 6.58. The number of hydrogen-bond donors (Lipinski definition) is 1. The third-order valence-corrected chi connectivity index (χ3v) is 3.30. The summed E-state index contributed by atoms with van der Waals surface area (Å²) in [5.41, 5.74) is 9.79. The van der Waals surface area contributed by atoms with Gasteiger partial charge in [-0.2, -0.15) is 0 Å². The van der Waals surface area contributed by atoms with Crippen LogP contribution >= 0.6 is 11.6 Å². The number of halogens is 1. The van der Waals surface area contributed by atoms with Crippen molar-refractivity contribution in [2.24, 2.45) is 0 Å². The molecule has 1 aromatic carbocycles. The van der Waals surface area contributed by atoms with Crippen LogP contribution < -0.4 is 10.6 Å². The molecule has 3 rings (SSSR count). The highest BCUT2D eigenvalue weighted by molar-refractivity contribution is 6.33. The lowest BCUT2D eigenvalue weighted by molar-refractivity contribution is 0.871. The number of anilines is 2. The van der Waals surface area contributed by atoms with Crippen molar-refractivity contribution in [3.05, 3.63) is 52.8 Å². The van der Waals surface area contributed by atoms with E-state index in [0.29, 0.717) is 10.7 Å². The Morgan fingerprint density at radius 3 is 2.88 bits per heavy atom. The molecule has 3 nitrogen and oxygen atoms in total. The molecule has 0 unspecified atom stereocenters. The number of hydrogen-bond acceptors (Lipinski definition) is 3. The fraction of sp³-hybridized carbons (Fsp3) is 0.154. The van der Waals surface area contributed by atoms with E-state index < -0.39 is 0 Å². The molecule has 4 heteroatoms. The average molecular weight is 246 g/mol. The van der Waals surface area contributed by atoms with Crippen LogP contribution in [0.15, 0.2) is 36.5 Å². The standard InChI is InChI=1S/C13H12ClN3/c14-11-6-10(15)3-4-13(11)17-7-9-2-1-5-16-12(9)8-17/h1-6H,7-8,15H2. The lowest BCUT2D eigenvalue weighted by Gasteiger charge is -2.19. The summed E-state index contributed by atoms with van der Waals surface area (Å²) < 4.78 is 0. The van der Waals surface area contributed by atoms with E-state index in [1.54, 1.807) is 6.07 Å². The van der Waals surface area contributed by atoms with Gasteiger partial charge in [-0.1, -0.05) is 17.7 Å². The van der Waals surface area contributed by atoms with E-state index in [1.807, 2.05) is 24.4 Å². The van der Waals surface area contributed by atoms with Crippen molar-refractivity contribution in [2.75, 3.05) is 10.6 Å². The molecule has 0 radical (unpaired) electrons. The van der Waals surface area contributed by atoms with E-state index in [4.69, 9.17) is 17.3 Å². The van der Waals surface area contributed by atoms with Crippen LogP contribution in [0.5, 0.6) is 0 Å². The second-order valence-corrected chi connectivity index (χ2v) is 4.58. The lowest BCUT2D eigenvalue weighted by Crippen LogP contribution is -2.15. The van der Waals surface area contributed by atoms with Crippen molar-refractivity contribution in [3.8, 4) is 0 Å². The summed E-state index contributed by atoms with van der Waals surface area (Å²) in [5.74, 6) is 0. The van der Waals surface area contributed by atoms with Gasteiger partial charge in [-0.25, -0.2) is 0 Å². The quantitative estimate of drug-likeness (QED) is 0.786. The van der Waals surface area contributed by atoms with Crippen molar-refractivity contribution in [1.82, 2.24) is 4.98 Å². The Hall–Kier alpha value is -1.74. The summed E-state index contributed by atoms with van der Waals surface area (Å²) in [6.45, 7) is 1.66. The third kappa shape index (κ3) is 1.83. The normalized spacial score (nSPS) is 13.8. The van der Waals surface area contributed by atoms with Crippen molar-refractivity contribution in [3.63, 3.8) is 0 Å². The zero-order valence-corrected chi connectivity index (χ0v) is 9.98. The highest BCUT2D eigenvalue weighted by Crippen LogP contribution is 2.33. The fourth-order valence-corrected chi connectivity index (χ4v) is 2.46. The molecule has 1 aliphatic heterocycles. The minimum Gasteiger partial charge on any atom is -0.399 e. The van der Waals surface area contributed by atoms with Crippen LogP contribution in [0.1, 0.15) is 11.3 Å². The predicted molar refractivity (Wildman–Crippen MR) is 70.0 cm³/mol. The molecule has 0 saturated heterocycles. The molecule has 0 amide bonds. The second kappa shape index (κ2) is 3.93. The van der Waals surface area contributed by atoms with Gasteiger partial charge in [-0.05, 0) is 29.8 Å². The Balaban J connectivity index is 1.94. The van der Waals surface area contributed by atoms with Gasteiger partial charge in [0.2, 0.25) is 0 Å². The van der Waals surface area contributed by atoms with Gasteiger partial charge >= 0.3 is 0 Å². The maximum atomic E-state index is 6.21. The predicted octanol–water partition coefficient (Wildman–Crippen LogP) is 2.84. The number of nitrogen functional groups attached to an aromatic ring is 1. The van der Waals surface area contributed by atoms with Crippen LogP contribution in [0.3, 0.4) is 0 Å². The Bertz CT molecular complexity index is 543. The van der Waals surface area contributed by atoms with Gasteiger partial charge in [0.25, 0.3) is 0 Å². The molecule has 0 bridgehead atoms. The largest absolute Gasteiger partial charge is 0.399 e. The molecule has 17 heavy (non-hydrogen) atoms. The zero-order valence-electron chi connectivity index (χ0n) is 9.23. The fourth-order valence-electron chi connectivity index (χ4n) is 2.15. The van der Waals surface area contributed by atoms with Crippen LogP contribution in [0.2, 0.25) is 5.02 Å². The first kappa shape index (κ1) is 10.4. The van der Waals surface area contributed by atoms with E-state index >= 15 is 0 Å². The number of nitrogens with zero attached hydrogens (tertiary/aromatic N) is 2. The first-order valence-electron chi connectivity index (χ1n) is 5.47. The van der Waals surface area contributed by atoms with Crippen molar-refractivity contribution >= 4 is 23.0 Å². The Morgan fingerprint density at radius 1 is 1.24 bits per heavy atom. The van der Waals surface area contributed by atoms with Crippen LogP contribution in [0.25, 0.3) is 0 Å². The molecule has 2 aromatic rings. The third-order valence-electron chi connectivity index (χ3n) is 3.00. The molecule has 2 heterocycles. The number of aromatic nitrogens is 1. The maximum Gasteiger partial charge on any atom is 0.0660 e. The molecule has 0 atom stereocenters. The van der Waals surface area contributed by atoms with Crippen molar-refractivity contribution < 1.29 is 0 Å². The van der Waals surface area contributed by atoms with Gasteiger partial charge < -0.3 is 10.6 Å². The van der Waals surface area contributed by atoms with Gasteiger partial charge in [0.15, 0.2) is 0 Å². The number of rotatable bonds is 1. The number of pyridine rings is 1. The highest BCUT2D eigenvalue weighted by Gasteiger charge is 2.21. The molecule has 1 aliphatic rings. The zero-order chi connectivity index (χ0) is 11.8. The molecule has 86 valence electrons. The minimum atomic E-state index is 0.689. The summed E-state index contributed by atoms with van der Waals surface area (Å²) in [5, 5.41) is 0.692. The van der Waals surface area contributed by atoms with E-state index in [-0.39, 0.29) is 0 Å². The van der Waals surface area contributed by atoms with Gasteiger partial charge in [0.05, 0.1) is 22.9 Å². The number of nitrogens with two attached hydrogens (primary N) is 1. The van der Waals surface area contributed by atoms with Crippen molar-refractivity contribution in [2.45, 2.75) is 13.1 Å². The Morgan fingerprint density at radius 2 is 2.12 bits per heavy atom. The van der Waals surface area contributed by atoms with E-state index in [9.17, 15) is 0 Å². The molecule has 0 fully saturated rings. The number of fused-ring (bicyclic) bond motifs is 1. The van der Waals surface area contributed by atoms with E-state index in [2.05, 4.69) is 16.0 Å².